The number of hydrogen-bond acceptors (Lipinski definition) is 3. The molecule has 2 aromatic rings. The molecular formula is C20H25N3O2S. The van der Waals surface area contributed by atoms with Gasteiger partial charge in [0.05, 0.1) is 18.1 Å². The smallest absolute Gasteiger partial charge is 0.196 e. The van der Waals surface area contributed by atoms with Crippen LogP contribution in [0.15, 0.2) is 59.6 Å². The molecule has 1 saturated heterocycles. The molecule has 1 aliphatic heterocycles. The van der Waals surface area contributed by atoms with Crippen LogP contribution in [0.4, 0.5) is 5.69 Å². The topological polar surface area (TPSA) is 70.6 Å². The predicted molar refractivity (Wildman–Crippen MR) is 107 cm³/mol. The Morgan fingerprint density at radius 1 is 1.12 bits per heavy atom. The number of hydrogen-bond donors (Lipinski definition) is 2. The van der Waals surface area contributed by atoms with Crippen molar-refractivity contribution in [2.24, 2.45) is 10.9 Å². The number of nitrogens with zero attached hydrogens (tertiary/aromatic N) is 1. The summed E-state index contributed by atoms with van der Waals surface area (Å²) in [6.07, 6.45) is 0.714. The van der Waals surface area contributed by atoms with Gasteiger partial charge in [-0.2, -0.15) is 0 Å². The highest BCUT2D eigenvalue weighted by atomic mass is 32.2. The first-order valence-electron chi connectivity index (χ1n) is 8.86. The quantitative estimate of drug-likeness (QED) is 0.626. The van der Waals surface area contributed by atoms with Gasteiger partial charge in [-0.1, -0.05) is 48.0 Å². The zero-order chi connectivity index (χ0) is 18.4. The first-order chi connectivity index (χ1) is 12.5. The number of aliphatic imine (C=N–C) groups is 1. The molecule has 6 heteroatoms. The van der Waals surface area contributed by atoms with E-state index >= 15 is 0 Å². The second-order valence-corrected chi connectivity index (χ2v) is 9.02. The molecule has 0 bridgehead atoms. The summed E-state index contributed by atoms with van der Waals surface area (Å²) in [5.41, 5.74) is 3.30. The summed E-state index contributed by atoms with van der Waals surface area (Å²) in [4.78, 5) is 4.66. The van der Waals surface area contributed by atoms with E-state index in [-0.39, 0.29) is 11.7 Å². The Balaban J connectivity index is 1.66. The summed E-state index contributed by atoms with van der Waals surface area (Å²) in [5, 5.41) is 6.60. The zero-order valence-corrected chi connectivity index (χ0v) is 15.8. The van der Waals surface area contributed by atoms with Crippen molar-refractivity contribution in [3.05, 3.63) is 65.7 Å². The number of sulfone groups is 1. The van der Waals surface area contributed by atoms with E-state index in [1.807, 2.05) is 30.3 Å². The van der Waals surface area contributed by atoms with Crippen molar-refractivity contribution >= 4 is 21.5 Å². The predicted octanol–water partition coefficient (Wildman–Crippen LogP) is 2.99. The molecule has 0 radical (unpaired) electrons. The highest BCUT2D eigenvalue weighted by molar-refractivity contribution is 7.91. The van der Waals surface area contributed by atoms with E-state index in [1.54, 1.807) is 0 Å². The molecule has 0 amide bonds. The maximum absolute atomic E-state index is 11.6. The fourth-order valence-corrected chi connectivity index (χ4v) is 4.80. The van der Waals surface area contributed by atoms with Gasteiger partial charge in [0.2, 0.25) is 0 Å². The number of nitrogens with one attached hydrogen (secondary N) is 2. The zero-order valence-electron chi connectivity index (χ0n) is 15.0. The van der Waals surface area contributed by atoms with Gasteiger partial charge in [0, 0.05) is 12.2 Å². The summed E-state index contributed by atoms with van der Waals surface area (Å²) in [6.45, 7) is 3.23. The molecule has 26 heavy (non-hydrogen) atoms. The molecule has 1 unspecified atom stereocenters. The number of para-hydroxylation sites is 1. The monoisotopic (exact) mass is 371 g/mol. The van der Waals surface area contributed by atoms with Crippen LogP contribution in [0.2, 0.25) is 0 Å². The minimum atomic E-state index is -2.86. The SMILES string of the molecule is Cc1ccc(CN=C(NCC2CCS(=O)(=O)C2)Nc2ccccc2)cc1. The van der Waals surface area contributed by atoms with Crippen molar-refractivity contribution in [3.8, 4) is 0 Å². The molecule has 5 nitrogen and oxygen atoms in total. The van der Waals surface area contributed by atoms with E-state index in [0.717, 1.165) is 11.3 Å². The lowest BCUT2D eigenvalue weighted by Crippen LogP contribution is -2.35. The van der Waals surface area contributed by atoms with Crippen molar-refractivity contribution in [2.45, 2.75) is 19.9 Å². The minimum Gasteiger partial charge on any atom is -0.356 e. The van der Waals surface area contributed by atoms with Gasteiger partial charge in [-0.25, -0.2) is 13.4 Å². The summed E-state index contributed by atoms with van der Waals surface area (Å²) >= 11 is 0. The Hall–Kier alpha value is -2.34. The first-order valence-corrected chi connectivity index (χ1v) is 10.7. The summed E-state index contributed by atoms with van der Waals surface area (Å²) in [7, 11) is -2.86. The summed E-state index contributed by atoms with van der Waals surface area (Å²) < 4.78 is 23.3. The molecule has 138 valence electrons. The number of rotatable bonds is 5. The average Bonchev–Trinajstić information content (AvgIpc) is 2.98. The Kier molecular flexibility index (Phi) is 5.93. The van der Waals surface area contributed by atoms with Gasteiger partial charge in [-0.3, -0.25) is 0 Å². The van der Waals surface area contributed by atoms with Crippen LogP contribution in [0.3, 0.4) is 0 Å². The van der Waals surface area contributed by atoms with E-state index in [4.69, 9.17) is 0 Å². The molecule has 1 fully saturated rings. The number of guanidine groups is 1. The second kappa shape index (κ2) is 8.36. The molecule has 0 saturated carbocycles. The molecule has 3 rings (SSSR count). The molecule has 0 aromatic heterocycles. The highest BCUT2D eigenvalue weighted by Gasteiger charge is 2.27. The van der Waals surface area contributed by atoms with Crippen molar-refractivity contribution in [2.75, 3.05) is 23.4 Å². The second-order valence-electron chi connectivity index (χ2n) is 6.79. The fourth-order valence-electron chi connectivity index (χ4n) is 2.94. The van der Waals surface area contributed by atoms with E-state index in [2.05, 4.69) is 46.8 Å². The number of aryl methyl sites for hydroxylation is 1. The molecule has 0 spiro atoms. The third kappa shape index (κ3) is 5.59. The van der Waals surface area contributed by atoms with Gasteiger partial charge < -0.3 is 10.6 Å². The van der Waals surface area contributed by atoms with Crippen LogP contribution in [0.5, 0.6) is 0 Å². The van der Waals surface area contributed by atoms with Crippen molar-refractivity contribution in [3.63, 3.8) is 0 Å². The van der Waals surface area contributed by atoms with Gasteiger partial charge in [0.1, 0.15) is 0 Å². The normalized spacial score (nSPS) is 19.3. The van der Waals surface area contributed by atoms with E-state index in [1.165, 1.54) is 5.56 Å². The maximum atomic E-state index is 11.6. The molecule has 2 N–H and O–H groups in total. The molecule has 0 aliphatic carbocycles. The van der Waals surface area contributed by atoms with Gasteiger partial charge in [0.25, 0.3) is 0 Å². The fraction of sp³-hybridized carbons (Fsp3) is 0.350. The minimum absolute atomic E-state index is 0.141. The Bertz CT molecular complexity index is 846. The average molecular weight is 372 g/mol. The van der Waals surface area contributed by atoms with Crippen molar-refractivity contribution in [1.82, 2.24) is 5.32 Å². The third-order valence-corrected chi connectivity index (χ3v) is 6.30. The third-order valence-electron chi connectivity index (χ3n) is 4.46. The lowest BCUT2D eigenvalue weighted by Gasteiger charge is -2.15. The summed E-state index contributed by atoms with van der Waals surface area (Å²) in [6, 6.07) is 18.1. The Morgan fingerprint density at radius 2 is 1.85 bits per heavy atom. The van der Waals surface area contributed by atoms with E-state index in [9.17, 15) is 8.42 Å². The largest absolute Gasteiger partial charge is 0.356 e. The van der Waals surface area contributed by atoms with Crippen LogP contribution in [-0.4, -0.2) is 32.4 Å². The van der Waals surface area contributed by atoms with E-state index < -0.39 is 9.84 Å². The van der Waals surface area contributed by atoms with Crippen molar-refractivity contribution in [1.29, 1.82) is 0 Å². The Labute approximate surface area is 155 Å². The lowest BCUT2D eigenvalue weighted by atomic mass is 10.1. The van der Waals surface area contributed by atoms with Crippen LogP contribution in [0.1, 0.15) is 17.5 Å². The van der Waals surface area contributed by atoms with Crippen LogP contribution >= 0.6 is 0 Å². The summed E-state index contributed by atoms with van der Waals surface area (Å²) in [5.74, 6) is 1.36. The molecule has 1 atom stereocenters. The van der Waals surface area contributed by atoms with Crippen LogP contribution in [0.25, 0.3) is 0 Å². The number of anilines is 1. The number of benzene rings is 2. The molecular weight excluding hydrogens is 346 g/mol. The maximum Gasteiger partial charge on any atom is 0.196 e. The van der Waals surface area contributed by atoms with Crippen LogP contribution < -0.4 is 10.6 Å². The van der Waals surface area contributed by atoms with Crippen LogP contribution in [-0.2, 0) is 16.4 Å². The Morgan fingerprint density at radius 3 is 2.50 bits per heavy atom. The van der Waals surface area contributed by atoms with E-state index in [0.29, 0.717) is 31.2 Å². The van der Waals surface area contributed by atoms with Gasteiger partial charge in [-0.05, 0) is 37.0 Å². The molecule has 1 heterocycles. The molecule has 1 aliphatic rings. The lowest BCUT2D eigenvalue weighted by molar-refractivity contribution is 0.572. The van der Waals surface area contributed by atoms with Gasteiger partial charge in [-0.15, -0.1) is 0 Å². The van der Waals surface area contributed by atoms with Gasteiger partial charge in [0.15, 0.2) is 15.8 Å². The van der Waals surface area contributed by atoms with Crippen molar-refractivity contribution < 1.29 is 8.42 Å². The van der Waals surface area contributed by atoms with Crippen LogP contribution in [0, 0.1) is 12.8 Å². The highest BCUT2D eigenvalue weighted by Crippen LogP contribution is 2.17. The molecule has 2 aromatic carbocycles. The first kappa shape index (κ1) is 18.5. The van der Waals surface area contributed by atoms with Gasteiger partial charge >= 0.3 is 0 Å². The standard InChI is InChI=1S/C20H25N3O2S/c1-16-7-9-17(10-8-16)13-21-20(23-19-5-3-2-4-6-19)22-14-18-11-12-26(24,25)15-18/h2-10,18H,11-15H2,1H3,(H2,21,22,23).